The molecule has 0 aliphatic carbocycles. The molecule has 148 valence electrons. The van der Waals surface area contributed by atoms with Crippen LogP contribution >= 0.6 is 0 Å². The van der Waals surface area contributed by atoms with Gasteiger partial charge in [-0.1, -0.05) is 0 Å². The maximum absolute atomic E-state index is 12.6. The average molecular weight is 369 g/mol. The predicted molar refractivity (Wildman–Crippen MR) is 96.9 cm³/mol. The van der Waals surface area contributed by atoms with Crippen molar-refractivity contribution in [3.63, 3.8) is 0 Å². The van der Waals surface area contributed by atoms with E-state index in [9.17, 15) is 19.2 Å². The summed E-state index contributed by atoms with van der Waals surface area (Å²) in [6, 6.07) is -2.70. The molecule has 1 aliphatic heterocycles. The number of aldehydes is 1. The number of nitrogens with one attached hydrogen (secondary N) is 2. The van der Waals surface area contributed by atoms with Gasteiger partial charge in [0.25, 0.3) is 0 Å². The smallest absolute Gasteiger partial charge is 0.245 e. The van der Waals surface area contributed by atoms with Crippen LogP contribution < -0.4 is 22.1 Å². The Balaban J connectivity index is 2.64. The molecule has 1 saturated heterocycles. The summed E-state index contributed by atoms with van der Waals surface area (Å²) in [5.41, 5.74) is 10.9. The van der Waals surface area contributed by atoms with Crippen molar-refractivity contribution in [3.8, 4) is 0 Å². The number of likely N-dealkylation sites (tertiary alicyclic amines) is 1. The number of carbonyl (C=O) groups excluding carboxylic acids is 4. The SMILES string of the molecule is C[C@H](N)C(=O)N[C@@H](C)C(=O)N1CCC[C@H]1C(=O)N[C@H](C=O)CCCCN. The molecule has 26 heavy (non-hydrogen) atoms. The van der Waals surface area contributed by atoms with E-state index in [0.29, 0.717) is 38.6 Å². The highest BCUT2D eigenvalue weighted by atomic mass is 16.2. The summed E-state index contributed by atoms with van der Waals surface area (Å²) < 4.78 is 0. The van der Waals surface area contributed by atoms with Gasteiger partial charge in [0.15, 0.2) is 0 Å². The van der Waals surface area contributed by atoms with Gasteiger partial charge in [-0.25, -0.2) is 0 Å². The first-order valence-electron chi connectivity index (χ1n) is 9.14. The minimum Gasteiger partial charge on any atom is -0.345 e. The molecule has 4 atom stereocenters. The minimum absolute atomic E-state index is 0.331. The van der Waals surface area contributed by atoms with Crippen LogP contribution in [0.1, 0.15) is 46.0 Å². The average Bonchev–Trinajstić information content (AvgIpc) is 3.09. The Kier molecular flexibility index (Phi) is 9.22. The van der Waals surface area contributed by atoms with Crippen LogP contribution in [0.3, 0.4) is 0 Å². The van der Waals surface area contributed by atoms with Crippen molar-refractivity contribution in [3.05, 3.63) is 0 Å². The molecule has 1 rings (SSSR count). The van der Waals surface area contributed by atoms with Crippen molar-refractivity contribution >= 4 is 24.0 Å². The third kappa shape index (κ3) is 6.38. The Morgan fingerprint density at radius 3 is 2.50 bits per heavy atom. The Morgan fingerprint density at radius 2 is 1.92 bits per heavy atom. The molecule has 0 aromatic rings. The zero-order chi connectivity index (χ0) is 19.7. The summed E-state index contributed by atoms with van der Waals surface area (Å²) in [5.74, 6) is -1.10. The second-order valence-electron chi connectivity index (χ2n) is 6.74. The van der Waals surface area contributed by atoms with E-state index in [4.69, 9.17) is 11.5 Å². The molecule has 1 aliphatic rings. The van der Waals surface area contributed by atoms with E-state index in [0.717, 1.165) is 12.8 Å². The quantitative estimate of drug-likeness (QED) is 0.276. The fourth-order valence-corrected chi connectivity index (χ4v) is 2.92. The summed E-state index contributed by atoms with van der Waals surface area (Å²) in [4.78, 5) is 49.4. The maximum Gasteiger partial charge on any atom is 0.245 e. The van der Waals surface area contributed by atoms with Crippen LogP contribution in [0.15, 0.2) is 0 Å². The van der Waals surface area contributed by atoms with Gasteiger partial charge < -0.3 is 31.8 Å². The van der Waals surface area contributed by atoms with Crippen LogP contribution in [0, 0.1) is 0 Å². The fourth-order valence-electron chi connectivity index (χ4n) is 2.92. The largest absolute Gasteiger partial charge is 0.345 e. The lowest BCUT2D eigenvalue weighted by Gasteiger charge is -2.28. The molecule has 3 amide bonds. The van der Waals surface area contributed by atoms with Gasteiger partial charge in [0.2, 0.25) is 17.7 Å². The molecule has 9 heteroatoms. The van der Waals surface area contributed by atoms with Gasteiger partial charge in [-0.3, -0.25) is 14.4 Å². The number of carbonyl (C=O) groups is 4. The maximum atomic E-state index is 12.6. The topological polar surface area (TPSA) is 148 Å². The number of rotatable bonds is 10. The Hall–Kier alpha value is -2.00. The number of amides is 3. The highest BCUT2D eigenvalue weighted by Gasteiger charge is 2.37. The number of nitrogens with two attached hydrogens (primary N) is 2. The fraction of sp³-hybridized carbons (Fsp3) is 0.765. The molecule has 0 radical (unpaired) electrons. The van der Waals surface area contributed by atoms with Crippen molar-refractivity contribution in [2.24, 2.45) is 11.5 Å². The van der Waals surface area contributed by atoms with E-state index in [1.807, 2.05) is 0 Å². The Morgan fingerprint density at radius 1 is 1.23 bits per heavy atom. The predicted octanol–water partition coefficient (Wildman–Crippen LogP) is -1.36. The van der Waals surface area contributed by atoms with Crippen LogP contribution in [-0.4, -0.2) is 66.2 Å². The number of hydrogen-bond acceptors (Lipinski definition) is 6. The molecule has 0 unspecified atom stereocenters. The highest BCUT2D eigenvalue weighted by molar-refractivity contribution is 5.93. The molecule has 0 spiro atoms. The second-order valence-corrected chi connectivity index (χ2v) is 6.74. The normalized spacial score (nSPS) is 20.2. The summed E-state index contributed by atoms with van der Waals surface area (Å²) in [6.07, 6.45) is 3.98. The van der Waals surface area contributed by atoms with E-state index in [1.54, 1.807) is 6.92 Å². The van der Waals surface area contributed by atoms with Crippen molar-refractivity contribution < 1.29 is 19.2 Å². The van der Waals surface area contributed by atoms with Crippen LogP contribution in [-0.2, 0) is 19.2 Å². The number of unbranched alkanes of at least 4 members (excludes halogenated alkanes) is 1. The van der Waals surface area contributed by atoms with Gasteiger partial charge in [-0.15, -0.1) is 0 Å². The van der Waals surface area contributed by atoms with Crippen molar-refractivity contribution in [1.82, 2.24) is 15.5 Å². The third-order valence-corrected chi connectivity index (χ3v) is 4.44. The van der Waals surface area contributed by atoms with Gasteiger partial charge in [0.05, 0.1) is 12.1 Å². The molecule has 0 aromatic heterocycles. The van der Waals surface area contributed by atoms with Gasteiger partial charge >= 0.3 is 0 Å². The minimum atomic E-state index is -0.770. The van der Waals surface area contributed by atoms with Crippen LogP contribution in [0.5, 0.6) is 0 Å². The Labute approximate surface area is 154 Å². The lowest BCUT2D eigenvalue weighted by atomic mass is 10.1. The highest BCUT2D eigenvalue weighted by Crippen LogP contribution is 2.19. The number of nitrogens with zero attached hydrogens (tertiary/aromatic N) is 1. The third-order valence-electron chi connectivity index (χ3n) is 4.44. The van der Waals surface area contributed by atoms with Crippen LogP contribution in [0.25, 0.3) is 0 Å². The molecule has 1 fully saturated rings. The molecular formula is C17H31N5O4. The molecule has 0 aromatic carbocycles. The second kappa shape index (κ2) is 10.9. The van der Waals surface area contributed by atoms with E-state index in [-0.39, 0.29) is 11.8 Å². The molecule has 9 nitrogen and oxygen atoms in total. The lowest BCUT2D eigenvalue weighted by molar-refractivity contribution is -0.141. The van der Waals surface area contributed by atoms with E-state index in [2.05, 4.69) is 10.6 Å². The van der Waals surface area contributed by atoms with Crippen molar-refractivity contribution in [1.29, 1.82) is 0 Å². The zero-order valence-electron chi connectivity index (χ0n) is 15.6. The van der Waals surface area contributed by atoms with Gasteiger partial charge in [0, 0.05) is 6.54 Å². The standard InChI is InChI=1S/C17H31N5O4/c1-11(19)15(24)20-12(2)17(26)22-9-5-7-14(22)16(25)21-13(10-23)6-3-4-8-18/h10-14H,3-9,18-19H2,1-2H3,(H,20,24)(H,21,25)/t11-,12-,13-,14-/m0/s1. The summed E-state index contributed by atoms with van der Waals surface area (Å²) in [7, 11) is 0. The first kappa shape index (κ1) is 22.0. The van der Waals surface area contributed by atoms with Crippen LogP contribution in [0.4, 0.5) is 0 Å². The van der Waals surface area contributed by atoms with E-state index < -0.39 is 30.1 Å². The van der Waals surface area contributed by atoms with E-state index in [1.165, 1.54) is 11.8 Å². The monoisotopic (exact) mass is 369 g/mol. The summed E-state index contributed by atoms with van der Waals surface area (Å²) >= 11 is 0. The van der Waals surface area contributed by atoms with E-state index >= 15 is 0 Å². The molecule has 0 saturated carbocycles. The van der Waals surface area contributed by atoms with Crippen molar-refractivity contribution in [2.45, 2.75) is 70.1 Å². The van der Waals surface area contributed by atoms with Gasteiger partial charge in [-0.2, -0.15) is 0 Å². The Bertz CT molecular complexity index is 511. The summed E-state index contributed by atoms with van der Waals surface area (Å²) in [6.45, 7) is 4.07. The molecular weight excluding hydrogens is 338 g/mol. The summed E-state index contributed by atoms with van der Waals surface area (Å²) in [5, 5.41) is 5.25. The van der Waals surface area contributed by atoms with Gasteiger partial charge in [0.1, 0.15) is 18.4 Å². The zero-order valence-corrected chi connectivity index (χ0v) is 15.6. The molecule has 6 N–H and O–H groups in total. The lowest BCUT2D eigenvalue weighted by Crippen LogP contribution is -2.55. The number of hydrogen-bond donors (Lipinski definition) is 4. The van der Waals surface area contributed by atoms with Crippen molar-refractivity contribution in [2.75, 3.05) is 13.1 Å². The molecule has 0 bridgehead atoms. The molecule has 1 heterocycles. The first-order valence-corrected chi connectivity index (χ1v) is 9.14. The first-order chi connectivity index (χ1) is 12.3. The van der Waals surface area contributed by atoms with Gasteiger partial charge in [-0.05, 0) is 52.5 Å². The van der Waals surface area contributed by atoms with Crippen LogP contribution in [0.2, 0.25) is 0 Å².